The van der Waals surface area contributed by atoms with Crippen LogP contribution in [0.15, 0.2) is 16.9 Å². The highest BCUT2D eigenvalue weighted by Crippen LogP contribution is 2.20. The van der Waals surface area contributed by atoms with Gasteiger partial charge in [0, 0.05) is 6.20 Å². The topological polar surface area (TPSA) is 27.1 Å². The number of rotatable bonds is 4. The maximum atomic E-state index is 11.9. The molecule has 0 amide bonds. The van der Waals surface area contributed by atoms with Crippen molar-refractivity contribution in [3.8, 4) is 0 Å². The molecule has 1 rings (SSSR count). The zero-order valence-corrected chi connectivity index (χ0v) is 9.73. The molecule has 13 heavy (non-hydrogen) atoms. The summed E-state index contributed by atoms with van der Waals surface area (Å²) in [6, 6.07) is 0. The van der Waals surface area contributed by atoms with Crippen molar-refractivity contribution in [2.24, 2.45) is 0 Å². The lowest BCUT2D eigenvalue weighted by atomic mass is 10.1. The van der Waals surface area contributed by atoms with Crippen molar-refractivity contribution in [1.29, 1.82) is 0 Å². The second kappa shape index (κ2) is 4.43. The van der Waals surface area contributed by atoms with E-state index >= 15 is 0 Å². The molecule has 0 fully saturated rings. The third kappa shape index (κ3) is 3.66. The quantitative estimate of drug-likeness (QED) is 0.786. The number of aromatic nitrogens is 2. The van der Waals surface area contributed by atoms with Crippen molar-refractivity contribution < 1.29 is 8.07 Å². The summed E-state index contributed by atoms with van der Waals surface area (Å²) in [7, 11) is 0. The van der Waals surface area contributed by atoms with Gasteiger partial charge in [0.1, 0.15) is 0 Å². The molecular weight excluding hydrogens is 259 g/mol. The van der Waals surface area contributed by atoms with Gasteiger partial charge < -0.3 is 0 Å². The van der Waals surface area contributed by atoms with Crippen molar-refractivity contribution in [3.63, 3.8) is 0 Å². The molecule has 0 aliphatic heterocycles. The number of hydrogen-bond donors (Lipinski definition) is 0. The number of halogens is 2. The third-order valence-corrected chi connectivity index (χ3v) is 2.33. The van der Waals surface area contributed by atoms with Gasteiger partial charge in [-0.2, -0.15) is 5.10 Å². The van der Waals surface area contributed by atoms with Crippen LogP contribution in [0.1, 0.15) is 13.8 Å². The minimum Gasteiger partial charge on any atom is -0.280 e. The van der Waals surface area contributed by atoms with Crippen LogP contribution in [0.4, 0.5) is 3.89 Å². The van der Waals surface area contributed by atoms with Gasteiger partial charge in [-0.25, -0.2) is 0 Å². The van der Waals surface area contributed by atoms with Crippen LogP contribution in [0.25, 0.3) is 0 Å². The van der Waals surface area contributed by atoms with E-state index in [0.29, 0.717) is 6.54 Å². The average Bonchev–Trinajstić information content (AvgIpc) is 2.34. The molecule has 0 bridgehead atoms. The van der Waals surface area contributed by atoms with Crippen molar-refractivity contribution in [1.82, 2.24) is 9.78 Å². The fourth-order valence-corrected chi connectivity index (χ4v) is 1.48. The van der Waals surface area contributed by atoms with Gasteiger partial charge in [-0.3, -0.25) is 8.86 Å². The molecule has 1 aromatic heterocycles. The van der Waals surface area contributed by atoms with Gasteiger partial charge in [0.15, 0.2) is 0 Å². The van der Waals surface area contributed by atoms with Gasteiger partial charge >= 0.3 is 0 Å². The first-order chi connectivity index (χ1) is 6.03. The summed E-state index contributed by atoms with van der Waals surface area (Å²) in [5.74, 6) is 0. The first-order valence-electron chi connectivity index (χ1n) is 3.68. The Morgan fingerprint density at radius 3 is 2.92 bits per heavy atom. The molecule has 0 saturated carbocycles. The zero-order valence-electron chi connectivity index (χ0n) is 7.33. The number of nitrogens with zero attached hydrogens (tertiary/aromatic N) is 2. The Balaban J connectivity index is 2.57. The fraction of sp³-hybridized carbons (Fsp3) is 0.571. The van der Waals surface area contributed by atoms with Crippen molar-refractivity contribution >= 4 is 28.4 Å². The van der Waals surface area contributed by atoms with E-state index < -0.39 is 5.60 Å². The number of hydrogen-bond acceptors (Lipinski definition) is 3. The highest BCUT2D eigenvalue weighted by Gasteiger charge is 2.20. The smallest absolute Gasteiger partial charge is 0.208 e. The lowest BCUT2D eigenvalue weighted by molar-refractivity contribution is 0.108. The second-order valence-corrected chi connectivity index (χ2v) is 4.47. The molecule has 1 heterocycles. The molecular formula is C7H10BrFN2OS. The summed E-state index contributed by atoms with van der Waals surface area (Å²) in [6.45, 7) is 4.11. The van der Waals surface area contributed by atoms with Crippen LogP contribution in [-0.4, -0.2) is 15.4 Å². The van der Waals surface area contributed by atoms with E-state index in [2.05, 4.69) is 21.0 Å². The molecule has 0 aliphatic rings. The van der Waals surface area contributed by atoms with E-state index in [0.717, 1.165) is 4.47 Å². The monoisotopic (exact) mass is 268 g/mol. The van der Waals surface area contributed by atoms with Crippen LogP contribution in [0, 0.1) is 0 Å². The Hall–Kier alpha value is -0.0700. The minimum absolute atomic E-state index is 0.118. The van der Waals surface area contributed by atoms with Crippen LogP contribution in [0.3, 0.4) is 0 Å². The summed E-state index contributed by atoms with van der Waals surface area (Å²) in [5, 5.41) is 4.04. The summed E-state index contributed by atoms with van der Waals surface area (Å²) in [6.07, 6.45) is 3.49. The van der Waals surface area contributed by atoms with E-state index in [-0.39, 0.29) is 12.4 Å². The molecule has 0 atom stereocenters. The standard InChI is InChI=1S/C7H10BrFN2OS/c1-7(2,12-13-9)5-11-4-6(8)3-10-11/h3-4H,5H2,1-2H3. The second-order valence-electron chi connectivity index (χ2n) is 3.26. The van der Waals surface area contributed by atoms with Crippen LogP contribution in [0.2, 0.25) is 0 Å². The van der Waals surface area contributed by atoms with Gasteiger partial charge in [-0.1, -0.05) is 0 Å². The predicted octanol–water partition coefficient (Wildman–Crippen LogP) is 2.97. The Bertz CT molecular complexity index is 279. The van der Waals surface area contributed by atoms with E-state index in [1.54, 1.807) is 24.7 Å². The molecule has 0 N–H and O–H groups in total. The molecule has 0 aromatic carbocycles. The van der Waals surface area contributed by atoms with Crippen molar-refractivity contribution in [3.05, 3.63) is 16.9 Å². The normalized spacial score (nSPS) is 12.0. The minimum atomic E-state index is -0.565. The maximum Gasteiger partial charge on any atom is 0.208 e. The molecule has 3 nitrogen and oxygen atoms in total. The Kier molecular flexibility index (Phi) is 3.75. The summed E-state index contributed by atoms with van der Waals surface area (Å²) in [5.41, 5.74) is -0.565. The Morgan fingerprint density at radius 1 is 1.77 bits per heavy atom. The third-order valence-electron chi connectivity index (χ3n) is 1.40. The first-order valence-corrected chi connectivity index (χ1v) is 5.11. The van der Waals surface area contributed by atoms with E-state index in [1.807, 2.05) is 6.20 Å². The lowest BCUT2D eigenvalue weighted by Crippen LogP contribution is -2.28. The zero-order chi connectivity index (χ0) is 9.90. The molecule has 0 spiro atoms. The van der Waals surface area contributed by atoms with Crippen LogP contribution in [-0.2, 0) is 10.7 Å². The maximum absolute atomic E-state index is 11.9. The molecule has 6 heteroatoms. The summed E-state index contributed by atoms with van der Waals surface area (Å²) in [4.78, 5) is 0. The SMILES string of the molecule is CC(C)(Cn1cc(Br)cn1)OSF. The molecule has 0 unspecified atom stereocenters. The average molecular weight is 269 g/mol. The first kappa shape index (κ1) is 11.0. The van der Waals surface area contributed by atoms with E-state index in [9.17, 15) is 3.89 Å². The molecule has 74 valence electrons. The van der Waals surface area contributed by atoms with E-state index in [1.165, 1.54) is 0 Å². The highest BCUT2D eigenvalue weighted by molar-refractivity contribution is 9.10. The highest BCUT2D eigenvalue weighted by atomic mass is 79.9. The lowest BCUT2D eigenvalue weighted by Gasteiger charge is -2.21. The Morgan fingerprint density at radius 2 is 2.46 bits per heavy atom. The largest absolute Gasteiger partial charge is 0.280 e. The molecule has 0 radical (unpaired) electrons. The van der Waals surface area contributed by atoms with Gasteiger partial charge in [0.25, 0.3) is 0 Å². The van der Waals surface area contributed by atoms with Gasteiger partial charge in [-0.15, -0.1) is 3.89 Å². The Labute approximate surface area is 89.3 Å². The van der Waals surface area contributed by atoms with Crippen molar-refractivity contribution in [2.45, 2.75) is 26.0 Å². The van der Waals surface area contributed by atoms with Crippen LogP contribution in [0.5, 0.6) is 0 Å². The van der Waals surface area contributed by atoms with Gasteiger partial charge in [-0.05, 0) is 29.8 Å². The van der Waals surface area contributed by atoms with Gasteiger partial charge in [0.2, 0.25) is 12.4 Å². The fourth-order valence-electron chi connectivity index (χ4n) is 0.927. The molecule has 0 aliphatic carbocycles. The van der Waals surface area contributed by atoms with Crippen LogP contribution < -0.4 is 0 Å². The summed E-state index contributed by atoms with van der Waals surface area (Å²) < 4.78 is 19.3. The predicted molar refractivity (Wildman–Crippen MR) is 53.8 cm³/mol. The summed E-state index contributed by atoms with van der Waals surface area (Å²) >= 11 is 3.16. The molecule has 1 aromatic rings. The van der Waals surface area contributed by atoms with Crippen LogP contribution >= 0.6 is 28.4 Å². The van der Waals surface area contributed by atoms with E-state index in [4.69, 9.17) is 4.18 Å². The molecule has 0 saturated heterocycles. The van der Waals surface area contributed by atoms with Gasteiger partial charge in [0.05, 0.1) is 22.8 Å². The van der Waals surface area contributed by atoms with Crippen molar-refractivity contribution in [2.75, 3.05) is 0 Å².